The van der Waals surface area contributed by atoms with Gasteiger partial charge in [0, 0.05) is 12.2 Å². The zero-order chi connectivity index (χ0) is 13.8. The number of rotatable bonds is 4. The van der Waals surface area contributed by atoms with Gasteiger partial charge in [-0.15, -0.1) is 10.2 Å². The van der Waals surface area contributed by atoms with Gasteiger partial charge >= 0.3 is 0 Å². The molecule has 2 rings (SSSR count). The molecule has 7 heteroatoms. The van der Waals surface area contributed by atoms with Crippen LogP contribution in [0.4, 0.5) is 5.69 Å². The highest BCUT2D eigenvalue weighted by Gasteiger charge is 2.13. The van der Waals surface area contributed by atoms with Crippen LogP contribution in [0.1, 0.15) is 15.4 Å². The Morgan fingerprint density at radius 3 is 2.74 bits per heavy atom. The van der Waals surface area contributed by atoms with Gasteiger partial charge in [-0.05, 0) is 37.3 Å². The van der Waals surface area contributed by atoms with Crippen molar-refractivity contribution in [2.24, 2.45) is 0 Å². The monoisotopic (exact) mass is 296 g/mol. The van der Waals surface area contributed by atoms with Crippen LogP contribution in [0.25, 0.3) is 0 Å². The first kappa shape index (κ1) is 13.9. The summed E-state index contributed by atoms with van der Waals surface area (Å²) in [7, 11) is 3.95. The van der Waals surface area contributed by atoms with Crippen LogP contribution in [-0.2, 0) is 6.54 Å². The molecule has 0 atom stereocenters. The van der Waals surface area contributed by atoms with E-state index < -0.39 is 0 Å². The van der Waals surface area contributed by atoms with Gasteiger partial charge in [0.05, 0.1) is 0 Å². The highest BCUT2D eigenvalue weighted by atomic mass is 35.5. The summed E-state index contributed by atoms with van der Waals surface area (Å²) in [5.41, 5.74) is 1.81. The number of benzene rings is 1. The van der Waals surface area contributed by atoms with Crippen molar-refractivity contribution in [3.05, 3.63) is 39.3 Å². The zero-order valence-electron chi connectivity index (χ0n) is 10.6. The van der Waals surface area contributed by atoms with E-state index in [1.54, 1.807) is 0 Å². The third-order valence-corrected chi connectivity index (χ3v) is 3.36. The Labute approximate surface area is 120 Å². The van der Waals surface area contributed by atoms with E-state index in [1.807, 2.05) is 43.3 Å². The molecule has 0 aliphatic heterocycles. The van der Waals surface area contributed by atoms with Gasteiger partial charge in [-0.1, -0.05) is 29.5 Å². The first-order chi connectivity index (χ1) is 9.06. The van der Waals surface area contributed by atoms with Gasteiger partial charge in [-0.25, -0.2) is 0 Å². The van der Waals surface area contributed by atoms with Crippen LogP contribution >= 0.6 is 22.9 Å². The highest BCUT2D eigenvalue weighted by molar-refractivity contribution is 7.17. The molecule has 1 aromatic heterocycles. The average molecular weight is 297 g/mol. The van der Waals surface area contributed by atoms with E-state index in [9.17, 15) is 4.79 Å². The molecule has 0 saturated carbocycles. The number of aromatic nitrogens is 2. The molecule has 19 heavy (non-hydrogen) atoms. The lowest BCUT2D eigenvalue weighted by molar-refractivity contribution is 0.102. The third-order valence-electron chi connectivity index (χ3n) is 2.35. The summed E-state index contributed by atoms with van der Waals surface area (Å²) >= 11 is 6.72. The normalized spacial score (nSPS) is 10.7. The molecular formula is C12H13ClN4OS. The minimum absolute atomic E-state index is 0.254. The van der Waals surface area contributed by atoms with Crippen molar-refractivity contribution in [3.63, 3.8) is 0 Å². The number of nitrogens with zero attached hydrogens (tertiary/aromatic N) is 3. The minimum Gasteiger partial charge on any atom is -0.320 e. The first-order valence-corrected chi connectivity index (χ1v) is 6.78. The zero-order valence-corrected chi connectivity index (χ0v) is 12.1. The summed E-state index contributed by atoms with van der Waals surface area (Å²) in [4.78, 5) is 14.0. The fourth-order valence-electron chi connectivity index (χ4n) is 1.59. The van der Waals surface area contributed by atoms with Crippen molar-refractivity contribution in [1.29, 1.82) is 0 Å². The molecule has 0 radical (unpaired) electrons. The quantitative estimate of drug-likeness (QED) is 0.942. The van der Waals surface area contributed by atoms with Crippen molar-refractivity contribution in [1.82, 2.24) is 15.1 Å². The molecule has 0 spiro atoms. The number of amides is 1. The van der Waals surface area contributed by atoms with E-state index in [2.05, 4.69) is 15.5 Å². The van der Waals surface area contributed by atoms with E-state index in [0.717, 1.165) is 29.1 Å². The van der Waals surface area contributed by atoms with Crippen LogP contribution in [0.15, 0.2) is 24.3 Å². The van der Waals surface area contributed by atoms with Crippen LogP contribution in [0.2, 0.25) is 4.47 Å². The summed E-state index contributed by atoms with van der Waals surface area (Å²) in [5, 5.41) is 10.4. The van der Waals surface area contributed by atoms with Gasteiger partial charge < -0.3 is 10.2 Å². The van der Waals surface area contributed by atoms with E-state index in [-0.39, 0.29) is 15.4 Å². The maximum absolute atomic E-state index is 12.0. The predicted molar refractivity (Wildman–Crippen MR) is 76.7 cm³/mol. The van der Waals surface area contributed by atoms with Gasteiger partial charge in [-0.3, -0.25) is 4.79 Å². The molecule has 100 valence electrons. The second-order valence-electron chi connectivity index (χ2n) is 4.21. The third kappa shape index (κ3) is 3.73. The Kier molecular flexibility index (Phi) is 4.47. The number of carbonyl (C=O) groups is 1. The van der Waals surface area contributed by atoms with Crippen LogP contribution in [0, 0.1) is 0 Å². The summed E-state index contributed by atoms with van der Waals surface area (Å²) in [6.45, 7) is 0.743. The molecule has 1 amide bonds. The molecule has 0 saturated heterocycles. The Morgan fingerprint density at radius 2 is 2.11 bits per heavy atom. The van der Waals surface area contributed by atoms with E-state index in [4.69, 9.17) is 11.6 Å². The van der Waals surface area contributed by atoms with Crippen molar-refractivity contribution in [3.8, 4) is 0 Å². The summed E-state index contributed by atoms with van der Waals surface area (Å²) in [5.74, 6) is -0.296. The molecule has 0 fully saturated rings. The summed E-state index contributed by atoms with van der Waals surface area (Å²) < 4.78 is 0.256. The topological polar surface area (TPSA) is 58.1 Å². The van der Waals surface area contributed by atoms with Gasteiger partial charge in [0.1, 0.15) is 0 Å². The molecule has 5 nitrogen and oxygen atoms in total. The molecule has 0 unspecified atom stereocenters. The maximum atomic E-state index is 12.0. The Balaban J connectivity index is 2.16. The van der Waals surface area contributed by atoms with Crippen molar-refractivity contribution >= 4 is 34.5 Å². The second-order valence-corrected chi connectivity index (χ2v) is 5.77. The minimum atomic E-state index is -0.296. The Hall–Kier alpha value is -1.50. The fourth-order valence-corrected chi connectivity index (χ4v) is 2.32. The summed E-state index contributed by atoms with van der Waals surface area (Å²) in [6, 6.07) is 7.65. The smallest absolute Gasteiger partial charge is 0.286 e. The van der Waals surface area contributed by atoms with Crippen molar-refractivity contribution < 1.29 is 4.79 Å². The van der Waals surface area contributed by atoms with Gasteiger partial charge in [0.25, 0.3) is 5.91 Å². The number of para-hydroxylation sites is 1. The molecule has 1 heterocycles. The fraction of sp³-hybridized carbons (Fsp3) is 0.250. The molecule has 1 aromatic carbocycles. The van der Waals surface area contributed by atoms with Crippen LogP contribution in [0.5, 0.6) is 0 Å². The standard InChI is InChI=1S/C12H13ClN4OS/c1-17(2)7-8-5-3-4-6-9(8)14-10(18)11-15-16-12(13)19-11/h3-6H,7H2,1-2H3,(H,14,18). The van der Waals surface area contributed by atoms with Crippen molar-refractivity contribution in [2.75, 3.05) is 19.4 Å². The average Bonchev–Trinajstić information content (AvgIpc) is 2.78. The number of hydrogen-bond acceptors (Lipinski definition) is 5. The lowest BCUT2D eigenvalue weighted by atomic mass is 10.1. The van der Waals surface area contributed by atoms with Gasteiger partial charge in [-0.2, -0.15) is 0 Å². The second kappa shape index (κ2) is 6.10. The lowest BCUT2D eigenvalue weighted by Gasteiger charge is -2.14. The number of carbonyl (C=O) groups excluding carboxylic acids is 1. The number of nitrogens with one attached hydrogen (secondary N) is 1. The van der Waals surface area contributed by atoms with E-state index in [1.165, 1.54) is 0 Å². The number of halogens is 1. The van der Waals surface area contributed by atoms with Gasteiger partial charge in [0.2, 0.25) is 9.47 Å². The lowest BCUT2D eigenvalue weighted by Crippen LogP contribution is -2.16. The van der Waals surface area contributed by atoms with Gasteiger partial charge in [0.15, 0.2) is 0 Å². The molecule has 1 N–H and O–H groups in total. The predicted octanol–water partition coefficient (Wildman–Crippen LogP) is 2.51. The molecular weight excluding hydrogens is 284 g/mol. The molecule has 0 aliphatic rings. The van der Waals surface area contributed by atoms with E-state index in [0.29, 0.717) is 0 Å². The van der Waals surface area contributed by atoms with Crippen LogP contribution < -0.4 is 5.32 Å². The maximum Gasteiger partial charge on any atom is 0.286 e. The summed E-state index contributed by atoms with van der Waals surface area (Å²) in [6.07, 6.45) is 0. The highest BCUT2D eigenvalue weighted by Crippen LogP contribution is 2.20. The Morgan fingerprint density at radius 1 is 1.37 bits per heavy atom. The first-order valence-electron chi connectivity index (χ1n) is 5.59. The number of anilines is 1. The SMILES string of the molecule is CN(C)Cc1ccccc1NC(=O)c1nnc(Cl)s1. The van der Waals surface area contributed by atoms with Crippen LogP contribution in [0.3, 0.4) is 0 Å². The Bertz CT molecular complexity index is 585. The molecule has 0 bridgehead atoms. The number of hydrogen-bond donors (Lipinski definition) is 1. The molecule has 0 aliphatic carbocycles. The van der Waals surface area contributed by atoms with E-state index >= 15 is 0 Å². The largest absolute Gasteiger partial charge is 0.320 e. The van der Waals surface area contributed by atoms with Crippen molar-refractivity contribution in [2.45, 2.75) is 6.54 Å². The molecule has 2 aromatic rings. The van der Waals surface area contributed by atoms with Crippen LogP contribution in [-0.4, -0.2) is 35.1 Å².